The molecule has 0 saturated carbocycles. The number of amides is 1. The van der Waals surface area contributed by atoms with Gasteiger partial charge in [-0.3, -0.25) is 4.79 Å². The largest absolute Gasteiger partial charge is 0.504 e. The fraction of sp³-hybridized carbons (Fsp3) is 0.125. The molecule has 0 aromatic heterocycles. The zero-order valence-corrected chi connectivity index (χ0v) is 7.86. The van der Waals surface area contributed by atoms with Crippen LogP contribution in [0.1, 0.15) is 5.56 Å². The highest BCUT2D eigenvalue weighted by Gasteiger charge is 2.32. The number of carbonyl (C=O) groups is 1. The monoisotopic (exact) mass is 239 g/mol. The van der Waals surface area contributed by atoms with E-state index >= 15 is 0 Å². The molecule has 0 radical (unpaired) electrons. The van der Waals surface area contributed by atoms with Gasteiger partial charge < -0.3 is 10.4 Å². The van der Waals surface area contributed by atoms with Crippen LogP contribution in [-0.4, -0.2) is 11.5 Å². The summed E-state index contributed by atoms with van der Waals surface area (Å²) >= 11 is 5.35. The van der Waals surface area contributed by atoms with E-state index in [1.807, 2.05) is 5.32 Å². The molecule has 0 atom stereocenters. The molecule has 0 bridgehead atoms. The van der Waals surface area contributed by atoms with Crippen molar-refractivity contribution in [2.45, 2.75) is 6.18 Å². The topological polar surface area (TPSA) is 49.3 Å². The van der Waals surface area contributed by atoms with Gasteiger partial charge in [-0.15, -0.1) is 0 Å². The summed E-state index contributed by atoms with van der Waals surface area (Å²) in [6, 6.07) is 1.17. The summed E-state index contributed by atoms with van der Waals surface area (Å²) in [6.07, 6.45) is -4.44. The summed E-state index contributed by atoms with van der Waals surface area (Å²) in [5.74, 6) is -0.600. The molecule has 82 valence electrons. The minimum atomic E-state index is -4.59. The number of phenolic OH excluding ortho intramolecular Hbond substituents is 1. The number of rotatable bonds is 2. The average Bonchev–Trinajstić information content (AvgIpc) is 2.11. The Morgan fingerprint density at radius 2 is 2.00 bits per heavy atom. The van der Waals surface area contributed by atoms with Gasteiger partial charge in [0.05, 0.1) is 16.3 Å². The molecule has 0 spiro atoms. The highest BCUT2D eigenvalue weighted by atomic mass is 35.5. The maximum Gasteiger partial charge on any atom is 0.416 e. The smallest absolute Gasteiger partial charge is 0.416 e. The number of halogens is 4. The first-order valence-electron chi connectivity index (χ1n) is 3.66. The number of hydrogen-bond acceptors (Lipinski definition) is 2. The van der Waals surface area contributed by atoms with E-state index in [0.29, 0.717) is 12.1 Å². The third kappa shape index (κ3) is 2.53. The fourth-order valence-electron chi connectivity index (χ4n) is 0.936. The molecule has 0 heterocycles. The number of benzene rings is 1. The summed E-state index contributed by atoms with van der Waals surface area (Å²) in [4.78, 5) is 10.1. The molecule has 1 rings (SSSR count). The summed E-state index contributed by atoms with van der Waals surface area (Å²) in [5, 5.41) is 10.6. The lowest BCUT2D eigenvalue weighted by Gasteiger charge is -2.11. The Balaban J connectivity index is 3.29. The SMILES string of the molecule is O=CNc1cc(C(F)(F)F)cc(Cl)c1O. The van der Waals surface area contributed by atoms with E-state index in [1.54, 1.807) is 0 Å². The number of phenols is 1. The Kier molecular flexibility index (Phi) is 3.09. The Labute approximate surface area is 87.5 Å². The van der Waals surface area contributed by atoms with E-state index < -0.39 is 22.5 Å². The zero-order valence-electron chi connectivity index (χ0n) is 7.10. The normalized spacial score (nSPS) is 11.2. The number of anilines is 1. The van der Waals surface area contributed by atoms with Crippen molar-refractivity contribution in [3.63, 3.8) is 0 Å². The maximum absolute atomic E-state index is 12.3. The first-order chi connectivity index (χ1) is 6.86. The number of carbonyl (C=O) groups excluding carboxylic acids is 1. The highest BCUT2D eigenvalue weighted by molar-refractivity contribution is 6.32. The number of hydrogen-bond donors (Lipinski definition) is 2. The minimum absolute atomic E-state index is 0.144. The molecule has 0 fully saturated rings. The average molecular weight is 240 g/mol. The molecular formula is C8H5ClF3NO2. The molecule has 0 unspecified atom stereocenters. The van der Waals surface area contributed by atoms with E-state index in [2.05, 4.69) is 0 Å². The maximum atomic E-state index is 12.3. The fourth-order valence-corrected chi connectivity index (χ4v) is 1.16. The van der Waals surface area contributed by atoms with Crippen molar-refractivity contribution < 1.29 is 23.1 Å². The standard InChI is InChI=1S/C8H5ClF3NO2/c9-5-1-4(8(10,11)12)2-6(7(5)15)13-3-14/h1-3,15H,(H,13,14). The predicted molar refractivity (Wildman–Crippen MR) is 47.8 cm³/mol. The second-order valence-electron chi connectivity index (χ2n) is 2.61. The molecule has 7 heteroatoms. The molecule has 0 aliphatic rings. The lowest BCUT2D eigenvalue weighted by atomic mass is 10.2. The summed E-state index contributed by atoms with van der Waals surface area (Å²) in [6.45, 7) is 0. The zero-order chi connectivity index (χ0) is 11.6. The van der Waals surface area contributed by atoms with Crippen LogP contribution in [0.25, 0.3) is 0 Å². The van der Waals surface area contributed by atoms with Gasteiger partial charge in [-0.2, -0.15) is 13.2 Å². The quantitative estimate of drug-likeness (QED) is 0.616. The third-order valence-electron chi connectivity index (χ3n) is 1.61. The van der Waals surface area contributed by atoms with Gasteiger partial charge >= 0.3 is 6.18 Å². The van der Waals surface area contributed by atoms with E-state index in [-0.39, 0.29) is 12.1 Å². The molecule has 15 heavy (non-hydrogen) atoms. The molecule has 1 aromatic rings. The van der Waals surface area contributed by atoms with Crippen LogP contribution in [0.4, 0.5) is 18.9 Å². The van der Waals surface area contributed by atoms with Crippen molar-refractivity contribution in [3.05, 3.63) is 22.7 Å². The van der Waals surface area contributed by atoms with E-state index in [9.17, 15) is 23.1 Å². The van der Waals surface area contributed by atoms with Gasteiger partial charge in [0.25, 0.3) is 0 Å². The first kappa shape index (κ1) is 11.6. The summed E-state index contributed by atoms with van der Waals surface area (Å²) in [5.41, 5.74) is -1.43. The molecule has 3 nitrogen and oxygen atoms in total. The van der Waals surface area contributed by atoms with Gasteiger partial charge in [0.15, 0.2) is 5.75 Å². The van der Waals surface area contributed by atoms with Crippen molar-refractivity contribution in [1.29, 1.82) is 0 Å². The van der Waals surface area contributed by atoms with Crippen LogP contribution in [0.15, 0.2) is 12.1 Å². The second-order valence-corrected chi connectivity index (χ2v) is 3.02. The van der Waals surface area contributed by atoms with E-state index in [1.165, 1.54) is 0 Å². The van der Waals surface area contributed by atoms with Crippen LogP contribution in [0.2, 0.25) is 5.02 Å². The van der Waals surface area contributed by atoms with E-state index in [0.717, 1.165) is 0 Å². The van der Waals surface area contributed by atoms with Crippen LogP contribution in [-0.2, 0) is 11.0 Å². The number of nitrogens with one attached hydrogen (secondary N) is 1. The van der Waals surface area contributed by atoms with Crippen LogP contribution in [0.3, 0.4) is 0 Å². The van der Waals surface area contributed by atoms with E-state index in [4.69, 9.17) is 11.6 Å². The van der Waals surface area contributed by atoms with Crippen LogP contribution in [0.5, 0.6) is 5.75 Å². The molecule has 2 N–H and O–H groups in total. The van der Waals surface area contributed by atoms with Crippen LogP contribution >= 0.6 is 11.6 Å². The molecule has 0 aliphatic heterocycles. The lowest BCUT2D eigenvalue weighted by Crippen LogP contribution is -2.06. The summed E-state index contributed by atoms with van der Waals surface area (Å²) in [7, 11) is 0. The number of alkyl halides is 3. The Hall–Kier alpha value is -1.43. The van der Waals surface area contributed by atoms with Crippen molar-refractivity contribution in [3.8, 4) is 5.75 Å². The minimum Gasteiger partial charge on any atom is -0.504 e. The highest BCUT2D eigenvalue weighted by Crippen LogP contribution is 2.39. The van der Waals surface area contributed by atoms with Gasteiger partial charge in [0.2, 0.25) is 6.41 Å². The van der Waals surface area contributed by atoms with Gasteiger partial charge in [0.1, 0.15) is 0 Å². The molecule has 1 aromatic carbocycles. The van der Waals surface area contributed by atoms with Gasteiger partial charge in [-0.1, -0.05) is 11.6 Å². The second kappa shape index (κ2) is 3.98. The molecule has 1 amide bonds. The lowest BCUT2D eigenvalue weighted by molar-refractivity contribution is -0.137. The van der Waals surface area contributed by atoms with Gasteiger partial charge in [-0.05, 0) is 12.1 Å². The molecule has 0 aliphatic carbocycles. The Bertz CT molecular complexity index is 392. The Morgan fingerprint density at radius 1 is 1.40 bits per heavy atom. The van der Waals surface area contributed by atoms with Crippen LogP contribution in [0, 0.1) is 0 Å². The molecule has 0 saturated heterocycles. The third-order valence-corrected chi connectivity index (χ3v) is 1.89. The molecular weight excluding hydrogens is 235 g/mol. The first-order valence-corrected chi connectivity index (χ1v) is 4.04. The van der Waals surface area contributed by atoms with Gasteiger partial charge in [-0.25, -0.2) is 0 Å². The predicted octanol–water partition coefficient (Wildman–Crippen LogP) is 2.63. The van der Waals surface area contributed by atoms with Crippen LogP contribution < -0.4 is 5.32 Å². The van der Waals surface area contributed by atoms with Crippen molar-refractivity contribution >= 4 is 23.7 Å². The van der Waals surface area contributed by atoms with Crippen molar-refractivity contribution in [2.75, 3.05) is 5.32 Å². The van der Waals surface area contributed by atoms with Crippen molar-refractivity contribution in [1.82, 2.24) is 0 Å². The number of aromatic hydroxyl groups is 1. The van der Waals surface area contributed by atoms with Gasteiger partial charge in [0, 0.05) is 0 Å². The van der Waals surface area contributed by atoms with Crippen molar-refractivity contribution in [2.24, 2.45) is 0 Å². The Morgan fingerprint density at radius 3 is 2.47 bits per heavy atom. The summed E-state index contributed by atoms with van der Waals surface area (Å²) < 4.78 is 36.8.